The molecule has 0 saturated heterocycles. The summed E-state index contributed by atoms with van der Waals surface area (Å²) >= 11 is 3.24. The van der Waals surface area contributed by atoms with Gasteiger partial charge in [-0.2, -0.15) is 0 Å². The molecule has 1 aliphatic carbocycles. The third-order valence-corrected chi connectivity index (χ3v) is 4.91. The Kier molecular flexibility index (Phi) is 4.79. The highest BCUT2D eigenvalue weighted by Crippen LogP contribution is 2.40. The molecule has 0 radical (unpaired) electrons. The average molecular weight is 314 g/mol. The molecule has 1 fully saturated rings. The van der Waals surface area contributed by atoms with Crippen molar-refractivity contribution in [1.29, 1.82) is 0 Å². The average Bonchev–Trinajstić information content (AvgIpc) is 2.41. The van der Waals surface area contributed by atoms with E-state index < -0.39 is 0 Å². The van der Waals surface area contributed by atoms with Crippen molar-refractivity contribution in [2.45, 2.75) is 45.1 Å². The highest BCUT2D eigenvalue weighted by Gasteiger charge is 2.31. The van der Waals surface area contributed by atoms with Gasteiger partial charge in [0.1, 0.15) is 5.82 Å². The van der Waals surface area contributed by atoms with Crippen LogP contribution in [0.4, 0.5) is 4.39 Å². The summed E-state index contributed by atoms with van der Waals surface area (Å²) in [6.07, 6.45) is 6.04. The minimum absolute atomic E-state index is 0.173. The van der Waals surface area contributed by atoms with Gasteiger partial charge in [-0.3, -0.25) is 0 Å². The van der Waals surface area contributed by atoms with Crippen LogP contribution in [0.5, 0.6) is 0 Å². The third-order valence-electron chi connectivity index (χ3n) is 4.29. The second kappa shape index (κ2) is 6.16. The van der Waals surface area contributed by atoms with Crippen LogP contribution in [0.2, 0.25) is 0 Å². The first-order valence-electron chi connectivity index (χ1n) is 6.84. The molecule has 1 saturated carbocycles. The zero-order valence-corrected chi connectivity index (χ0v) is 12.4. The molecule has 0 spiro atoms. The van der Waals surface area contributed by atoms with Crippen LogP contribution in [0.25, 0.3) is 0 Å². The van der Waals surface area contributed by atoms with Crippen molar-refractivity contribution < 1.29 is 4.39 Å². The zero-order valence-electron chi connectivity index (χ0n) is 10.8. The van der Waals surface area contributed by atoms with Gasteiger partial charge in [0.2, 0.25) is 0 Å². The van der Waals surface area contributed by atoms with Crippen LogP contribution in [0.15, 0.2) is 22.7 Å². The molecule has 0 amide bonds. The molecule has 1 aromatic rings. The number of hydrogen-bond donors (Lipinski definition) is 1. The highest BCUT2D eigenvalue weighted by molar-refractivity contribution is 9.10. The second-order valence-electron chi connectivity index (χ2n) is 5.29. The maximum atomic E-state index is 14.1. The van der Waals surface area contributed by atoms with Gasteiger partial charge in [-0.25, -0.2) is 4.39 Å². The molecule has 18 heavy (non-hydrogen) atoms. The van der Waals surface area contributed by atoms with E-state index in [0.717, 1.165) is 12.8 Å². The quantitative estimate of drug-likeness (QED) is 0.852. The number of rotatable bonds is 3. The molecule has 3 unspecified atom stereocenters. The van der Waals surface area contributed by atoms with Gasteiger partial charge < -0.3 is 5.73 Å². The first-order chi connectivity index (χ1) is 8.65. The van der Waals surface area contributed by atoms with E-state index in [2.05, 4.69) is 22.9 Å². The SMILES string of the molecule is CCC1CCCCC1C(N)c1cccc(Br)c1F. The van der Waals surface area contributed by atoms with Crippen molar-refractivity contribution in [2.24, 2.45) is 17.6 Å². The molecule has 0 heterocycles. The van der Waals surface area contributed by atoms with Crippen LogP contribution in [-0.4, -0.2) is 0 Å². The summed E-state index contributed by atoms with van der Waals surface area (Å²) in [6, 6.07) is 5.25. The molecule has 2 rings (SSSR count). The molecule has 0 aromatic heterocycles. The van der Waals surface area contributed by atoms with E-state index >= 15 is 0 Å². The lowest BCUT2D eigenvalue weighted by Crippen LogP contribution is -2.31. The topological polar surface area (TPSA) is 26.0 Å². The predicted molar refractivity (Wildman–Crippen MR) is 76.8 cm³/mol. The number of benzene rings is 1. The normalized spacial score (nSPS) is 26.0. The third kappa shape index (κ3) is 2.77. The molecule has 3 atom stereocenters. The summed E-state index contributed by atoms with van der Waals surface area (Å²) in [5.41, 5.74) is 7.01. The molecule has 3 heteroatoms. The van der Waals surface area contributed by atoms with Gasteiger partial charge in [0.05, 0.1) is 4.47 Å². The molecule has 1 nitrogen and oxygen atoms in total. The van der Waals surface area contributed by atoms with E-state index in [0.29, 0.717) is 21.9 Å². The lowest BCUT2D eigenvalue weighted by atomic mass is 9.72. The smallest absolute Gasteiger partial charge is 0.142 e. The molecular weight excluding hydrogens is 293 g/mol. The molecule has 100 valence electrons. The van der Waals surface area contributed by atoms with Gasteiger partial charge in [0.25, 0.3) is 0 Å². The van der Waals surface area contributed by atoms with Gasteiger partial charge >= 0.3 is 0 Å². The zero-order chi connectivity index (χ0) is 13.1. The lowest BCUT2D eigenvalue weighted by Gasteiger charge is -2.35. The maximum Gasteiger partial charge on any atom is 0.142 e. The minimum Gasteiger partial charge on any atom is -0.324 e. The maximum absolute atomic E-state index is 14.1. The second-order valence-corrected chi connectivity index (χ2v) is 6.14. The Balaban J connectivity index is 2.23. The first kappa shape index (κ1) is 14.0. The van der Waals surface area contributed by atoms with E-state index in [4.69, 9.17) is 5.73 Å². The van der Waals surface area contributed by atoms with Crippen molar-refractivity contribution in [1.82, 2.24) is 0 Å². The molecule has 1 aliphatic rings. The van der Waals surface area contributed by atoms with E-state index in [1.165, 1.54) is 19.3 Å². The molecule has 0 aliphatic heterocycles. The Bertz CT molecular complexity index is 407. The van der Waals surface area contributed by atoms with Crippen LogP contribution in [0.3, 0.4) is 0 Å². The first-order valence-corrected chi connectivity index (χ1v) is 7.64. The van der Waals surface area contributed by atoms with Crippen molar-refractivity contribution >= 4 is 15.9 Å². The summed E-state index contributed by atoms with van der Waals surface area (Å²) in [5.74, 6) is 0.880. The van der Waals surface area contributed by atoms with Crippen molar-refractivity contribution in [3.8, 4) is 0 Å². The summed E-state index contributed by atoms with van der Waals surface area (Å²) < 4.78 is 14.6. The number of hydrogen-bond acceptors (Lipinski definition) is 1. The lowest BCUT2D eigenvalue weighted by molar-refractivity contribution is 0.194. The molecule has 2 N–H and O–H groups in total. The summed E-state index contributed by atoms with van der Waals surface area (Å²) in [6.45, 7) is 2.22. The van der Waals surface area contributed by atoms with Crippen LogP contribution in [0.1, 0.15) is 50.6 Å². The molecule has 1 aromatic carbocycles. The van der Waals surface area contributed by atoms with E-state index in [9.17, 15) is 4.39 Å². The Morgan fingerprint density at radius 1 is 1.39 bits per heavy atom. The van der Waals surface area contributed by atoms with Gasteiger partial charge in [-0.05, 0) is 40.3 Å². The van der Waals surface area contributed by atoms with Crippen LogP contribution >= 0.6 is 15.9 Å². The van der Waals surface area contributed by atoms with E-state index in [1.807, 2.05) is 12.1 Å². The summed E-state index contributed by atoms with van der Waals surface area (Å²) in [4.78, 5) is 0. The Hall–Kier alpha value is -0.410. The summed E-state index contributed by atoms with van der Waals surface area (Å²) in [7, 11) is 0. The van der Waals surface area contributed by atoms with Gasteiger partial charge in [-0.1, -0.05) is 44.7 Å². The Morgan fingerprint density at radius 3 is 2.83 bits per heavy atom. The fourth-order valence-corrected chi connectivity index (χ4v) is 3.61. The van der Waals surface area contributed by atoms with Crippen molar-refractivity contribution in [3.63, 3.8) is 0 Å². The standard InChI is InChI=1S/C15H21BrFN/c1-2-10-6-3-4-7-11(10)15(18)12-8-5-9-13(16)14(12)17/h5,8-11,15H,2-4,6-7,18H2,1H3. The van der Waals surface area contributed by atoms with E-state index in [1.54, 1.807) is 6.07 Å². The van der Waals surface area contributed by atoms with Crippen LogP contribution in [0, 0.1) is 17.7 Å². The van der Waals surface area contributed by atoms with Gasteiger partial charge in [0, 0.05) is 11.6 Å². The Morgan fingerprint density at radius 2 is 2.11 bits per heavy atom. The minimum atomic E-state index is -0.189. The largest absolute Gasteiger partial charge is 0.324 e. The fraction of sp³-hybridized carbons (Fsp3) is 0.600. The number of halogens is 2. The van der Waals surface area contributed by atoms with Crippen LogP contribution < -0.4 is 5.73 Å². The van der Waals surface area contributed by atoms with Crippen molar-refractivity contribution in [3.05, 3.63) is 34.1 Å². The summed E-state index contributed by atoms with van der Waals surface area (Å²) in [5, 5.41) is 0. The van der Waals surface area contributed by atoms with Crippen molar-refractivity contribution in [2.75, 3.05) is 0 Å². The Labute approximate surface area is 117 Å². The van der Waals surface area contributed by atoms with Gasteiger partial charge in [0.15, 0.2) is 0 Å². The highest BCUT2D eigenvalue weighted by atomic mass is 79.9. The van der Waals surface area contributed by atoms with Gasteiger partial charge in [-0.15, -0.1) is 0 Å². The van der Waals surface area contributed by atoms with E-state index in [-0.39, 0.29) is 11.9 Å². The molecular formula is C15H21BrFN. The van der Waals surface area contributed by atoms with Crippen LogP contribution in [-0.2, 0) is 0 Å². The predicted octanol–water partition coefficient (Wildman–Crippen LogP) is 4.80. The monoisotopic (exact) mass is 313 g/mol. The molecule has 0 bridgehead atoms. The fourth-order valence-electron chi connectivity index (χ4n) is 3.22. The number of nitrogens with two attached hydrogens (primary N) is 1.